The van der Waals surface area contributed by atoms with Crippen LogP contribution in [-0.2, 0) is 14.8 Å². The molecule has 1 rings (SSSR count). The molecule has 1 aromatic rings. The van der Waals surface area contributed by atoms with Crippen LogP contribution >= 0.6 is 0 Å². The summed E-state index contributed by atoms with van der Waals surface area (Å²) in [6, 6.07) is 3.37. The van der Waals surface area contributed by atoms with E-state index in [-0.39, 0.29) is 4.90 Å². The van der Waals surface area contributed by atoms with Gasteiger partial charge < -0.3 is 9.47 Å². The largest absolute Gasteiger partial charge is 0.495 e. The van der Waals surface area contributed by atoms with Crippen LogP contribution in [0.15, 0.2) is 17.0 Å². The van der Waals surface area contributed by atoms with Gasteiger partial charge in [-0.05, 0) is 43.5 Å². The second kappa shape index (κ2) is 6.88. The van der Waals surface area contributed by atoms with E-state index in [0.29, 0.717) is 25.3 Å². The van der Waals surface area contributed by atoms with Gasteiger partial charge in [0.15, 0.2) is 0 Å². The Morgan fingerprint density at radius 2 is 1.79 bits per heavy atom. The summed E-state index contributed by atoms with van der Waals surface area (Å²) in [5.74, 6) is 0.363. The highest BCUT2D eigenvalue weighted by Gasteiger charge is 2.19. The molecule has 0 amide bonds. The Balaban J connectivity index is 2.97. The lowest BCUT2D eigenvalue weighted by atomic mass is 10.1. The first-order chi connectivity index (χ1) is 8.92. The molecule has 19 heavy (non-hydrogen) atoms. The molecule has 0 aliphatic rings. The van der Waals surface area contributed by atoms with Crippen molar-refractivity contribution in [2.75, 3.05) is 27.4 Å². The van der Waals surface area contributed by atoms with E-state index in [2.05, 4.69) is 4.72 Å². The van der Waals surface area contributed by atoms with Crippen LogP contribution < -0.4 is 9.46 Å². The molecule has 0 heterocycles. The van der Waals surface area contributed by atoms with Crippen LogP contribution in [0.5, 0.6) is 5.75 Å². The highest BCUT2D eigenvalue weighted by atomic mass is 32.2. The highest BCUT2D eigenvalue weighted by molar-refractivity contribution is 7.89. The third kappa shape index (κ3) is 4.19. The van der Waals surface area contributed by atoms with Crippen LogP contribution in [0.3, 0.4) is 0 Å². The van der Waals surface area contributed by atoms with Gasteiger partial charge in [0, 0.05) is 20.3 Å². The molecule has 1 aromatic carbocycles. The molecule has 0 saturated heterocycles. The van der Waals surface area contributed by atoms with Crippen LogP contribution in [0.1, 0.15) is 17.5 Å². The monoisotopic (exact) mass is 287 g/mol. The van der Waals surface area contributed by atoms with Crippen LogP contribution in [0.4, 0.5) is 0 Å². The normalized spacial score (nSPS) is 11.6. The lowest BCUT2D eigenvalue weighted by Crippen LogP contribution is -2.26. The number of benzene rings is 1. The van der Waals surface area contributed by atoms with Gasteiger partial charge in [-0.2, -0.15) is 0 Å². The van der Waals surface area contributed by atoms with E-state index in [1.54, 1.807) is 19.2 Å². The second-order valence-corrected chi connectivity index (χ2v) is 6.07. The first-order valence-corrected chi connectivity index (χ1v) is 7.54. The van der Waals surface area contributed by atoms with Crippen molar-refractivity contribution in [1.29, 1.82) is 0 Å². The van der Waals surface area contributed by atoms with Gasteiger partial charge in [0.1, 0.15) is 10.6 Å². The Hall–Kier alpha value is -1.11. The molecule has 0 saturated carbocycles. The van der Waals surface area contributed by atoms with E-state index in [9.17, 15) is 8.42 Å². The van der Waals surface area contributed by atoms with Crippen molar-refractivity contribution >= 4 is 10.0 Å². The quantitative estimate of drug-likeness (QED) is 0.774. The van der Waals surface area contributed by atoms with E-state index >= 15 is 0 Å². The van der Waals surface area contributed by atoms with Gasteiger partial charge in [-0.15, -0.1) is 0 Å². The third-order valence-electron chi connectivity index (χ3n) is 2.89. The van der Waals surface area contributed by atoms with Crippen molar-refractivity contribution in [3.8, 4) is 5.75 Å². The molecule has 5 nitrogen and oxygen atoms in total. The van der Waals surface area contributed by atoms with Gasteiger partial charge in [0.05, 0.1) is 7.11 Å². The van der Waals surface area contributed by atoms with Crippen molar-refractivity contribution in [3.63, 3.8) is 0 Å². The minimum Gasteiger partial charge on any atom is -0.495 e. The van der Waals surface area contributed by atoms with Gasteiger partial charge in [0.2, 0.25) is 10.0 Å². The predicted molar refractivity (Wildman–Crippen MR) is 74.1 cm³/mol. The van der Waals surface area contributed by atoms with Gasteiger partial charge in [-0.1, -0.05) is 0 Å². The van der Waals surface area contributed by atoms with Crippen molar-refractivity contribution < 1.29 is 17.9 Å². The lowest BCUT2D eigenvalue weighted by Gasteiger charge is -2.13. The SMILES string of the molecule is COCCCNS(=O)(=O)c1cc(C)c(C)cc1OC. The second-order valence-electron chi connectivity index (χ2n) is 4.33. The fourth-order valence-corrected chi connectivity index (χ4v) is 2.94. The number of rotatable bonds is 7. The van der Waals surface area contributed by atoms with Crippen molar-refractivity contribution in [1.82, 2.24) is 4.72 Å². The summed E-state index contributed by atoms with van der Waals surface area (Å²) in [7, 11) is -0.503. The standard InChI is InChI=1S/C13H21NO4S/c1-10-8-12(18-4)13(9-11(10)2)19(15,16)14-6-5-7-17-3/h8-9,14H,5-7H2,1-4H3. The molecule has 0 bridgehead atoms. The maximum atomic E-state index is 12.2. The minimum absolute atomic E-state index is 0.176. The summed E-state index contributed by atoms with van der Waals surface area (Å²) in [6.45, 7) is 4.65. The zero-order chi connectivity index (χ0) is 14.5. The smallest absolute Gasteiger partial charge is 0.244 e. The summed E-state index contributed by atoms with van der Waals surface area (Å²) < 4.78 is 37.0. The zero-order valence-electron chi connectivity index (χ0n) is 11.8. The average molecular weight is 287 g/mol. The predicted octanol–water partition coefficient (Wildman–Crippen LogP) is 1.63. The molecule has 108 valence electrons. The summed E-state index contributed by atoms with van der Waals surface area (Å²) >= 11 is 0. The highest BCUT2D eigenvalue weighted by Crippen LogP contribution is 2.27. The Bertz CT molecular complexity index is 526. The summed E-state index contributed by atoms with van der Waals surface area (Å²) in [6.07, 6.45) is 0.628. The first kappa shape index (κ1) is 15.9. The van der Waals surface area contributed by atoms with Gasteiger partial charge in [-0.25, -0.2) is 13.1 Å². The zero-order valence-corrected chi connectivity index (χ0v) is 12.6. The molecular formula is C13H21NO4S. The fraction of sp³-hybridized carbons (Fsp3) is 0.538. The van der Waals surface area contributed by atoms with Crippen LogP contribution in [-0.4, -0.2) is 35.8 Å². The summed E-state index contributed by atoms with van der Waals surface area (Å²) in [5.41, 5.74) is 1.91. The number of hydrogen-bond donors (Lipinski definition) is 1. The lowest BCUT2D eigenvalue weighted by molar-refractivity contribution is 0.196. The number of nitrogens with one attached hydrogen (secondary N) is 1. The molecule has 0 aliphatic heterocycles. The Kier molecular flexibility index (Phi) is 5.78. The molecule has 0 fully saturated rings. The third-order valence-corrected chi connectivity index (χ3v) is 4.37. The first-order valence-electron chi connectivity index (χ1n) is 6.06. The number of hydrogen-bond acceptors (Lipinski definition) is 4. The van der Waals surface area contributed by atoms with E-state index in [1.165, 1.54) is 7.11 Å². The van der Waals surface area contributed by atoms with Crippen molar-refractivity contribution in [2.45, 2.75) is 25.2 Å². The van der Waals surface area contributed by atoms with Crippen LogP contribution in [0.25, 0.3) is 0 Å². The Morgan fingerprint density at radius 3 is 2.37 bits per heavy atom. The van der Waals surface area contributed by atoms with E-state index < -0.39 is 10.0 Å². The van der Waals surface area contributed by atoms with Crippen LogP contribution in [0, 0.1) is 13.8 Å². The number of ether oxygens (including phenoxy) is 2. The van der Waals surface area contributed by atoms with Gasteiger partial charge in [-0.3, -0.25) is 0 Å². The molecular weight excluding hydrogens is 266 g/mol. The molecule has 0 radical (unpaired) electrons. The molecule has 0 unspecified atom stereocenters. The molecule has 0 atom stereocenters. The Labute approximate surface area is 115 Å². The number of sulfonamides is 1. The summed E-state index contributed by atoms with van der Waals surface area (Å²) in [4.78, 5) is 0.176. The topological polar surface area (TPSA) is 64.6 Å². The van der Waals surface area contributed by atoms with E-state index in [1.807, 2.05) is 13.8 Å². The van der Waals surface area contributed by atoms with Crippen molar-refractivity contribution in [3.05, 3.63) is 23.3 Å². The number of methoxy groups -OCH3 is 2. The van der Waals surface area contributed by atoms with Crippen LogP contribution in [0.2, 0.25) is 0 Å². The average Bonchev–Trinajstić information content (AvgIpc) is 2.37. The van der Waals surface area contributed by atoms with Gasteiger partial charge >= 0.3 is 0 Å². The van der Waals surface area contributed by atoms with Gasteiger partial charge in [0.25, 0.3) is 0 Å². The molecule has 6 heteroatoms. The molecule has 0 aromatic heterocycles. The molecule has 1 N–H and O–H groups in total. The molecule has 0 aliphatic carbocycles. The fourth-order valence-electron chi connectivity index (χ4n) is 1.63. The summed E-state index contributed by atoms with van der Waals surface area (Å²) in [5, 5.41) is 0. The minimum atomic E-state index is -3.55. The van der Waals surface area contributed by atoms with Crippen molar-refractivity contribution in [2.24, 2.45) is 0 Å². The maximum absolute atomic E-state index is 12.2. The number of aryl methyl sites for hydroxylation is 2. The van der Waals surface area contributed by atoms with E-state index in [4.69, 9.17) is 9.47 Å². The Morgan fingerprint density at radius 1 is 1.16 bits per heavy atom. The maximum Gasteiger partial charge on any atom is 0.244 e. The van der Waals surface area contributed by atoms with E-state index in [0.717, 1.165) is 11.1 Å². The molecule has 0 spiro atoms.